The van der Waals surface area contributed by atoms with Gasteiger partial charge in [-0.2, -0.15) is 0 Å². The van der Waals surface area contributed by atoms with Crippen molar-refractivity contribution in [3.05, 3.63) is 46.1 Å². The van der Waals surface area contributed by atoms with Gasteiger partial charge in [0.25, 0.3) is 0 Å². The third kappa shape index (κ3) is 3.02. The van der Waals surface area contributed by atoms with Gasteiger partial charge in [-0.1, -0.05) is 36.7 Å². The average Bonchev–Trinajstić information content (AvgIpc) is 2.50. The molecule has 0 unspecified atom stereocenters. The molecular weight excluding hydrogens is 302 g/mol. The highest BCUT2D eigenvalue weighted by Gasteiger charge is 2.37. The van der Waals surface area contributed by atoms with E-state index in [1.165, 1.54) is 7.11 Å². The van der Waals surface area contributed by atoms with E-state index >= 15 is 0 Å². The minimum atomic E-state index is -0.406. The SMILES string of the molecule is CCCN1C(=O)C[C@H](c2ccccc2Cl)C(C(=O)OC)=C1C. The smallest absolute Gasteiger partial charge is 0.336 e. The van der Waals surface area contributed by atoms with E-state index in [2.05, 4.69) is 0 Å². The Morgan fingerprint density at radius 2 is 2.09 bits per heavy atom. The number of benzene rings is 1. The van der Waals surface area contributed by atoms with Crippen molar-refractivity contribution in [1.29, 1.82) is 0 Å². The molecule has 1 atom stereocenters. The van der Waals surface area contributed by atoms with Gasteiger partial charge in [0, 0.05) is 29.6 Å². The first-order valence-electron chi connectivity index (χ1n) is 7.35. The molecule has 1 aromatic rings. The van der Waals surface area contributed by atoms with Crippen LogP contribution in [0, 0.1) is 0 Å². The number of halogens is 1. The van der Waals surface area contributed by atoms with Gasteiger partial charge >= 0.3 is 5.97 Å². The number of esters is 1. The molecule has 0 aromatic heterocycles. The van der Waals surface area contributed by atoms with Crippen molar-refractivity contribution in [1.82, 2.24) is 4.90 Å². The van der Waals surface area contributed by atoms with Gasteiger partial charge in [-0.05, 0) is 25.0 Å². The Hall–Kier alpha value is -1.81. The van der Waals surface area contributed by atoms with Crippen LogP contribution in [0.3, 0.4) is 0 Å². The number of hydrogen-bond donors (Lipinski definition) is 0. The van der Waals surface area contributed by atoms with Crippen molar-refractivity contribution in [2.45, 2.75) is 32.6 Å². The number of carbonyl (C=O) groups is 2. The number of nitrogens with zero attached hydrogens (tertiary/aromatic N) is 1. The van der Waals surface area contributed by atoms with Crippen LogP contribution in [0.25, 0.3) is 0 Å². The Kier molecular flexibility index (Phi) is 5.24. The molecule has 0 radical (unpaired) electrons. The fraction of sp³-hybridized carbons (Fsp3) is 0.412. The van der Waals surface area contributed by atoms with Gasteiger partial charge in [0.2, 0.25) is 5.91 Å². The van der Waals surface area contributed by atoms with Crippen molar-refractivity contribution in [2.24, 2.45) is 0 Å². The molecule has 5 heteroatoms. The first-order valence-corrected chi connectivity index (χ1v) is 7.72. The lowest BCUT2D eigenvalue weighted by Crippen LogP contribution is -2.38. The zero-order valence-corrected chi connectivity index (χ0v) is 13.8. The largest absolute Gasteiger partial charge is 0.466 e. The summed E-state index contributed by atoms with van der Waals surface area (Å²) >= 11 is 6.26. The second kappa shape index (κ2) is 6.97. The molecule has 0 aliphatic carbocycles. The Balaban J connectivity index is 2.56. The highest BCUT2D eigenvalue weighted by Crippen LogP contribution is 2.39. The van der Waals surface area contributed by atoms with Crippen LogP contribution < -0.4 is 0 Å². The predicted molar refractivity (Wildman–Crippen MR) is 85.5 cm³/mol. The van der Waals surface area contributed by atoms with Gasteiger partial charge in [0.15, 0.2) is 0 Å². The van der Waals surface area contributed by atoms with E-state index < -0.39 is 5.97 Å². The highest BCUT2D eigenvalue weighted by molar-refractivity contribution is 6.31. The molecule has 118 valence electrons. The number of hydrogen-bond acceptors (Lipinski definition) is 3. The lowest BCUT2D eigenvalue weighted by molar-refractivity contribution is -0.137. The molecular formula is C17H20ClNO3. The van der Waals surface area contributed by atoms with Crippen molar-refractivity contribution in [2.75, 3.05) is 13.7 Å². The fourth-order valence-corrected chi connectivity index (χ4v) is 3.18. The first-order chi connectivity index (χ1) is 10.5. The molecule has 0 fully saturated rings. The number of amides is 1. The molecule has 1 amide bonds. The van der Waals surface area contributed by atoms with Crippen LogP contribution in [0.5, 0.6) is 0 Å². The lowest BCUT2D eigenvalue weighted by atomic mass is 9.83. The van der Waals surface area contributed by atoms with Gasteiger partial charge < -0.3 is 9.64 Å². The summed E-state index contributed by atoms with van der Waals surface area (Å²) in [5.41, 5.74) is 1.96. The van der Waals surface area contributed by atoms with Gasteiger partial charge in [-0.25, -0.2) is 4.79 Å². The van der Waals surface area contributed by atoms with Gasteiger partial charge in [-0.3, -0.25) is 4.79 Å². The Labute approximate surface area is 135 Å². The van der Waals surface area contributed by atoms with Gasteiger partial charge in [0.05, 0.1) is 12.7 Å². The highest BCUT2D eigenvalue weighted by atomic mass is 35.5. The summed E-state index contributed by atoms with van der Waals surface area (Å²) < 4.78 is 4.94. The Bertz CT molecular complexity index is 624. The molecule has 1 aromatic carbocycles. The molecule has 0 N–H and O–H groups in total. The van der Waals surface area contributed by atoms with Crippen molar-refractivity contribution >= 4 is 23.5 Å². The summed E-state index contributed by atoms with van der Waals surface area (Å²) in [5, 5.41) is 0.554. The van der Waals surface area contributed by atoms with Gasteiger partial charge in [0.1, 0.15) is 0 Å². The van der Waals surface area contributed by atoms with E-state index in [0.717, 1.165) is 12.0 Å². The van der Waals surface area contributed by atoms with Crippen LogP contribution >= 0.6 is 11.6 Å². The zero-order chi connectivity index (χ0) is 16.3. The number of methoxy groups -OCH3 is 1. The van der Waals surface area contributed by atoms with Gasteiger partial charge in [-0.15, -0.1) is 0 Å². The van der Waals surface area contributed by atoms with E-state index in [1.54, 1.807) is 17.9 Å². The number of rotatable bonds is 4. The van der Waals surface area contributed by atoms with E-state index in [1.807, 2.05) is 25.1 Å². The molecule has 0 bridgehead atoms. The molecule has 1 aliphatic heterocycles. The van der Waals surface area contributed by atoms with Crippen molar-refractivity contribution in [3.63, 3.8) is 0 Å². The van der Waals surface area contributed by atoms with Crippen LogP contribution in [0.1, 0.15) is 38.2 Å². The second-order valence-corrected chi connectivity index (χ2v) is 5.72. The molecule has 4 nitrogen and oxygen atoms in total. The number of ether oxygens (including phenoxy) is 1. The molecule has 1 aliphatic rings. The Morgan fingerprint density at radius 3 is 2.68 bits per heavy atom. The number of carbonyl (C=O) groups excluding carboxylic acids is 2. The third-order valence-electron chi connectivity index (χ3n) is 3.96. The monoisotopic (exact) mass is 321 g/mol. The normalized spacial score (nSPS) is 18.6. The molecule has 2 rings (SSSR count). The lowest BCUT2D eigenvalue weighted by Gasteiger charge is -2.34. The van der Waals surface area contributed by atoms with E-state index in [0.29, 0.717) is 22.8 Å². The molecule has 0 saturated heterocycles. The predicted octanol–water partition coefficient (Wildman–Crippen LogP) is 3.51. The minimum Gasteiger partial charge on any atom is -0.466 e. The van der Waals surface area contributed by atoms with Crippen LogP contribution in [0.15, 0.2) is 35.5 Å². The minimum absolute atomic E-state index is 0.0110. The molecule has 0 saturated carbocycles. The first kappa shape index (κ1) is 16.6. The standard InChI is InChI=1S/C17H20ClNO3/c1-4-9-19-11(2)16(17(21)22-3)13(10-15(19)20)12-7-5-6-8-14(12)18/h5-8,13H,4,9-10H2,1-3H3/t13-/m1/s1. The molecule has 0 spiro atoms. The summed E-state index contributed by atoms with van der Waals surface area (Å²) in [4.78, 5) is 26.4. The Morgan fingerprint density at radius 1 is 1.41 bits per heavy atom. The summed E-state index contributed by atoms with van der Waals surface area (Å²) in [6.45, 7) is 4.39. The summed E-state index contributed by atoms with van der Waals surface area (Å²) in [6, 6.07) is 7.30. The summed E-state index contributed by atoms with van der Waals surface area (Å²) in [7, 11) is 1.35. The average molecular weight is 322 g/mol. The van der Waals surface area contributed by atoms with Crippen LogP contribution in [0.4, 0.5) is 0 Å². The third-order valence-corrected chi connectivity index (χ3v) is 4.30. The van der Waals surface area contributed by atoms with E-state index in [-0.39, 0.29) is 18.2 Å². The van der Waals surface area contributed by atoms with Crippen LogP contribution in [0.2, 0.25) is 5.02 Å². The van der Waals surface area contributed by atoms with Crippen LogP contribution in [-0.4, -0.2) is 30.4 Å². The summed E-state index contributed by atoms with van der Waals surface area (Å²) in [5.74, 6) is -0.755. The summed E-state index contributed by atoms with van der Waals surface area (Å²) in [6.07, 6.45) is 1.06. The second-order valence-electron chi connectivity index (χ2n) is 5.31. The quantitative estimate of drug-likeness (QED) is 0.797. The van der Waals surface area contributed by atoms with Crippen molar-refractivity contribution in [3.8, 4) is 0 Å². The van der Waals surface area contributed by atoms with Crippen molar-refractivity contribution < 1.29 is 14.3 Å². The molecule has 22 heavy (non-hydrogen) atoms. The zero-order valence-electron chi connectivity index (χ0n) is 13.1. The maximum Gasteiger partial charge on any atom is 0.336 e. The number of allylic oxidation sites excluding steroid dienone is 1. The van der Waals surface area contributed by atoms with Crippen LogP contribution in [-0.2, 0) is 14.3 Å². The van der Waals surface area contributed by atoms with E-state index in [4.69, 9.17) is 16.3 Å². The fourth-order valence-electron chi connectivity index (χ4n) is 2.91. The van der Waals surface area contributed by atoms with E-state index in [9.17, 15) is 9.59 Å². The maximum atomic E-state index is 12.4. The topological polar surface area (TPSA) is 46.6 Å². The molecule has 1 heterocycles. The maximum absolute atomic E-state index is 12.4.